The minimum Gasteiger partial charge on any atom is -0.389 e. The second kappa shape index (κ2) is 5.28. The molecule has 100 valence electrons. The molecule has 4 nitrogen and oxygen atoms in total. The number of anilines is 1. The van der Waals surface area contributed by atoms with Gasteiger partial charge in [0.25, 0.3) is 10.0 Å². The molecule has 0 atom stereocenters. The number of rotatable bonds is 4. The summed E-state index contributed by atoms with van der Waals surface area (Å²) in [5.74, 6) is 0. The second-order valence-electron chi connectivity index (χ2n) is 3.79. The highest BCUT2D eigenvalue weighted by Crippen LogP contribution is 2.27. The van der Waals surface area contributed by atoms with Gasteiger partial charge in [0.05, 0.1) is 10.6 Å². The van der Waals surface area contributed by atoms with Crippen LogP contribution in [0, 0.1) is 0 Å². The van der Waals surface area contributed by atoms with Crippen molar-refractivity contribution in [1.82, 2.24) is 0 Å². The molecule has 0 fully saturated rings. The van der Waals surface area contributed by atoms with Gasteiger partial charge in [-0.2, -0.15) is 0 Å². The molecule has 0 amide bonds. The van der Waals surface area contributed by atoms with Gasteiger partial charge in [0.1, 0.15) is 9.20 Å². The first-order valence-electron chi connectivity index (χ1n) is 5.36. The molecule has 2 aromatic rings. The predicted molar refractivity (Wildman–Crippen MR) is 82.2 cm³/mol. The van der Waals surface area contributed by atoms with Gasteiger partial charge in [-0.15, -0.1) is 11.3 Å². The first-order chi connectivity index (χ1) is 8.93. The van der Waals surface area contributed by atoms with Crippen molar-refractivity contribution in [3.05, 3.63) is 47.3 Å². The number of sulfonamides is 1. The van der Waals surface area contributed by atoms with E-state index in [4.69, 9.17) is 18.0 Å². The molecule has 0 aliphatic heterocycles. The molecule has 7 heteroatoms. The van der Waals surface area contributed by atoms with Gasteiger partial charge >= 0.3 is 0 Å². The van der Waals surface area contributed by atoms with E-state index < -0.39 is 10.0 Å². The van der Waals surface area contributed by atoms with Crippen molar-refractivity contribution in [1.29, 1.82) is 0 Å². The lowest BCUT2D eigenvalue weighted by Crippen LogP contribution is -2.25. The summed E-state index contributed by atoms with van der Waals surface area (Å²) in [4.78, 5) is 0.795. The van der Waals surface area contributed by atoms with E-state index in [9.17, 15) is 8.42 Å². The smallest absolute Gasteiger partial charge is 0.273 e. The molecule has 0 radical (unpaired) electrons. The minimum atomic E-state index is -3.57. The molecule has 0 saturated heterocycles. The Hall–Kier alpha value is -1.44. The van der Waals surface area contributed by atoms with Crippen molar-refractivity contribution in [3.63, 3.8) is 0 Å². The summed E-state index contributed by atoms with van der Waals surface area (Å²) >= 11 is 5.91. The van der Waals surface area contributed by atoms with Crippen LogP contribution in [-0.4, -0.2) is 20.5 Å². The molecular weight excluding hydrogens is 300 g/mol. The number of thiophene rings is 1. The standard InChI is InChI=1S/C12H12N2O2S3/c1-14(9-5-3-2-4-6-9)19(15,16)11-8-7-10(18-11)12(13)17/h2-8H,1H3,(H2,13,17). The van der Waals surface area contributed by atoms with Gasteiger partial charge in [-0.25, -0.2) is 8.42 Å². The van der Waals surface area contributed by atoms with Gasteiger partial charge in [0.15, 0.2) is 0 Å². The molecule has 1 aromatic heterocycles. The second-order valence-corrected chi connectivity index (χ2v) is 7.51. The van der Waals surface area contributed by atoms with Crippen molar-refractivity contribution in [3.8, 4) is 0 Å². The summed E-state index contributed by atoms with van der Waals surface area (Å²) in [6, 6.07) is 12.0. The summed E-state index contributed by atoms with van der Waals surface area (Å²) in [7, 11) is -2.05. The maximum absolute atomic E-state index is 12.4. The Labute approximate surface area is 121 Å². The van der Waals surface area contributed by atoms with E-state index in [-0.39, 0.29) is 9.20 Å². The number of nitrogens with two attached hydrogens (primary N) is 1. The Morgan fingerprint density at radius 2 is 1.84 bits per heavy atom. The Bertz CT molecular complexity index is 693. The van der Waals surface area contributed by atoms with Crippen LogP contribution in [0.3, 0.4) is 0 Å². The van der Waals surface area contributed by atoms with Gasteiger partial charge in [-0.1, -0.05) is 30.4 Å². The number of nitrogens with zero attached hydrogens (tertiary/aromatic N) is 1. The molecular formula is C12H12N2O2S3. The lowest BCUT2D eigenvalue weighted by Gasteiger charge is -2.18. The van der Waals surface area contributed by atoms with Gasteiger partial charge < -0.3 is 5.73 Å². The van der Waals surface area contributed by atoms with Crippen LogP contribution in [0.5, 0.6) is 0 Å². The number of hydrogen-bond acceptors (Lipinski definition) is 4. The van der Waals surface area contributed by atoms with E-state index >= 15 is 0 Å². The van der Waals surface area contributed by atoms with Crippen LogP contribution in [0.2, 0.25) is 0 Å². The van der Waals surface area contributed by atoms with E-state index in [1.54, 1.807) is 30.3 Å². The fourth-order valence-corrected chi connectivity index (χ4v) is 4.22. The zero-order valence-corrected chi connectivity index (χ0v) is 12.6. The van der Waals surface area contributed by atoms with Crippen molar-refractivity contribution >= 4 is 44.3 Å². The number of para-hydroxylation sites is 1. The number of hydrogen-bond donors (Lipinski definition) is 1. The molecule has 19 heavy (non-hydrogen) atoms. The van der Waals surface area contributed by atoms with E-state index in [1.807, 2.05) is 6.07 Å². The lowest BCUT2D eigenvalue weighted by molar-refractivity contribution is 0.596. The Kier molecular flexibility index (Phi) is 3.88. The third-order valence-corrected chi connectivity index (χ3v) is 6.28. The van der Waals surface area contributed by atoms with Crippen molar-refractivity contribution in [2.24, 2.45) is 5.73 Å². The average molecular weight is 312 g/mol. The normalized spacial score (nSPS) is 11.2. The molecule has 0 unspecified atom stereocenters. The van der Waals surface area contributed by atoms with Crippen LogP contribution in [0.25, 0.3) is 0 Å². The largest absolute Gasteiger partial charge is 0.389 e. The van der Waals surface area contributed by atoms with E-state index in [0.717, 1.165) is 11.3 Å². The molecule has 1 heterocycles. The van der Waals surface area contributed by atoms with Crippen molar-refractivity contribution in [2.45, 2.75) is 4.21 Å². The number of benzene rings is 1. The third-order valence-electron chi connectivity index (χ3n) is 2.56. The van der Waals surface area contributed by atoms with Crippen LogP contribution in [0.4, 0.5) is 5.69 Å². The van der Waals surface area contributed by atoms with Crippen molar-refractivity contribution in [2.75, 3.05) is 11.4 Å². The maximum Gasteiger partial charge on any atom is 0.273 e. The van der Waals surface area contributed by atoms with E-state index in [1.165, 1.54) is 17.4 Å². The Balaban J connectivity index is 2.39. The van der Waals surface area contributed by atoms with Gasteiger partial charge in [0.2, 0.25) is 0 Å². The van der Waals surface area contributed by atoms with Gasteiger partial charge in [-0.05, 0) is 24.3 Å². The fourth-order valence-electron chi connectivity index (χ4n) is 1.50. The quantitative estimate of drug-likeness (QED) is 0.879. The summed E-state index contributed by atoms with van der Waals surface area (Å²) in [5.41, 5.74) is 6.10. The van der Waals surface area contributed by atoms with Crippen LogP contribution in [0.1, 0.15) is 4.88 Å². The first-order valence-corrected chi connectivity index (χ1v) is 8.03. The van der Waals surface area contributed by atoms with Crippen LogP contribution < -0.4 is 10.0 Å². The monoisotopic (exact) mass is 312 g/mol. The van der Waals surface area contributed by atoms with Crippen LogP contribution >= 0.6 is 23.6 Å². The number of thiocarbonyl (C=S) groups is 1. The van der Waals surface area contributed by atoms with Crippen LogP contribution in [-0.2, 0) is 10.0 Å². The third kappa shape index (κ3) is 2.78. The SMILES string of the molecule is CN(c1ccccc1)S(=O)(=O)c1ccc(C(N)=S)s1. The van der Waals surface area contributed by atoms with Gasteiger partial charge in [0, 0.05) is 7.05 Å². The van der Waals surface area contributed by atoms with Gasteiger partial charge in [-0.3, -0.25) is 4.31 Å². The molecule has 0 aliphatic carbocycles. The zero-order chi connectivity index (χ0) is 14.0. The molecule has 2 N–H and O–H groups in total. The van der Waals surface area contributed by atoms with E-state index in [0.29, 0.717) is 10.6 Å². The average Bonchev–Trinajstić information content (AvgIpc) is 2.89. The molecule has 0 spiro atoms. The fraction of sp³-hybridized carbons (Fsp3) is 0.0833. The molecule has 2 rings (SSSR count). The molecule has 0 bridgehead atoms. The molecule has 0 saturated carbocycles. The first kappa shape index (κ1) is 14.0. The molecule has 0 aliphatic rings. The summed E-state index contributed by atoms with van der Waals surface area (Å²) in [5, 5.41) is 0. The maximum atomic E-state index is 12.4. The lowest BCUT2D eigenvalue weighted by atomic mass is 10.3. The Morgan fingerprint density at radius 3 is 2.37 bits per heavy atom. The predicted octanol–water partition coefficient (Wildman–Crippen LogP) is 2.21. The summed E-state index contributed by atoms with van der Waals surface area (Å²) in [6.07, 6.45) is 0. The highest BCUT2D eigenvalue weighted by molar-refractivity contribution is 7.94. The molecule has 1 aromatic carbocycles. The van der Waals surface area contributed by atoms with E-state index in [2.05, 4.69) is 0 Å². The minimum absolute atomic E-state index is 0.203. The van der Waals surface area contributed by atoms with Crippen LogP contribution in [0.15, 0.2) is 46.7 Å². The van der Waals surface area contributed by atoms with Crippen molar-refractivity contribution < 1.29 is 8.42 Å². The summed E-state index contributed by atoms with van der Waals surface area (Å²) in [6.45, 7) is 0. The highest BCUT2D eigenvalue weighted by Gasteiger charge is 2.23. The zero-order valence-electron chi connectivity index (χ0n) is 10.1. The Morgan fingerprint density at radius 1 is 1.21 bits per heavy atom. The highest BCUT2D eigenvalue weighted by atomic mass is 32.2. The summed E-state index contributed by atoms with van der Waals surface area (Å²) < 4.78 is 26.3. The topological polar surface area (TPSA) is 63.4 Å².